The van der Waals surface area contributed by atoms with Crippen molar-refractivity contribution in [2.24, 2.45) is 0 Å². The van der Waals surface area contributed by atoms with E-state index in [9.17, 15) is 0 Å². The van der Waals surface area contributed by atoms with E-state index in [4.69, 9.17) is 5.11 Å². The van der Waals surface area contributed by atoms with Gasteiger partial charge < -0.3 is 16.0 Å². The molecule has 0 fully saturated rings. The second-order valence-corrected chi connectivity index (χ2v) is 1.92. The molecule has 0 aromatic heterocycles. The minimum Gasteiger partial charge on any atom is -0.387 e. The molecule has 1 rings (SSSR count). The number of rotatable bonds is 2. The molecule has 0 saturated carbocycles. The molecule has 0 aromatic carbocycles. The van der Waals surface area contributed by atoms with Crippen molar-refractivity contribution >= 4 is 0 Å². The van der Waals surface area contributed by atoms with Crippen LogP contribution in [0.1, 0.15) is 13.3 Å². The van der Waals surface area contributed by atoms with E-state index in [0.29, 0.717) is 0 Å². The molecule has 4 heteroatoms. The molecule has 0 saturated heterocycles. The molecular weight excluding hydrogens is 118 g/mol. The maximum Gasteiger partial charge on any atom is 0.0961 e. The average Bonchev–Trinajstić information content (AvgIpc) is 2.37. The molecule has 1 unspecified atom stereocenters. The lowest BCUT2D eigenvalue weighted by atomic mass is 10.2. The minimum absolute atomic E-state index is 0.382. The number of aliphatic hydroxyl groups excluding tert-OH is 1. The zero-order chi connectivity index (χ0) is 6.69. The Balaban J connectivity index is 2.40. The molecule has 1 heterocycles. The first-order chi connectivity index (χ1) is 4.34. The lowest BCUT2D eigenvalue weighted by Crippen LogP contribution is -2.34. The Morgan fingerprint density at radius 1 is 1.78 bits per heavy atom. The van der Waals surface area contributed by atoms with Crippen molar-refractivity contribution in [2.45, 2.75) is 19.4 Å². The van der Waals surface area contributed by atoms with Gasteiger partial charge in [-0.3, -0.25) is 0 Å². The summed E-state index contributed by atoms with van der Waals surface area (Å²) in [6.45, 7) is 1.92. The number of nitrogens with one attached hydrogen (secondary N) is 3. The van der Waals surface area contributed by atoms with Crippen LogP contribution in [0.25, 0.3) is 0 Å². The molecule has 9 heavy (non-hydrogen) atoms. The maximum atomic E-state index is 9.15. The summed E-state index contributed by atoms with van der Waals surface area (Å²) in [5.74, 6) is 0. The van der Waals surface area contributed by atoms with Crippen molar-refractivity contribution in [3.05, 3.63) is 11.9 Å². The Labute approximate surface area is 53.9 Å². The normalized spacial score (nSPS) is 20.0. The molecule has 4 nitrogen and oxygen atoms in total. The van der Waals surface area contributed by atoms with Crippen molar-refractivity contribution in [2.75, 3.05) is 0 Å². The van der Waals surface area contributed by atoms with Crippen LogP contribution in [0, 0.1) is 0 Å². The lowest BCUT2D eigenvalue weighted by Gasteiger charge is -2.07. The van der Waals surface area contributed by atoms with Crippen molar-refractivity contribution in [1.29, 1.82) is 0 Å². The summed E-state index contributed by atoms with van der Waals surface area (Å²) in [4.78, 5) is 0. The van der Waals surface area contributed by atoms with Crippen LogP contribution in [0.2, 0.25) is 0 Å². The highest BCUT2D eigenvalue weighted by Crippen LogP contribution is 2.01. The molecule has 0 aliphatic carbocycles. The summed E-state index contributed by atoms with van der Waals surface area (Å²) in [5.41, 5.74) is 8.89. The second-order valence-electron chi connectivity index (χ2n) is 1.92. The molecule has 0 amide bonds. The van der Waals surface area contributed by atoms with E-state index in [1.165, 1.54) is 0 Å². The van der Waals surface area contributed by atoms with Crippen LogP contribution in [0.5, 0.6) is 0 Å². The number of aliphatic hydroxyl groups is 1. The molecule has 4 N–H and O–H groups in total. The first kappa shape index (κ1) is 6.38. The van der Waals surface area contributed by atoms with E-state index in [2.05, 4.69) is 16.4 Å². The fraction of sp³-hybridized carbons (Fsp3) is 0.600. The molecule has 52 valence electrons. The zero-order valence-corrected chi connectivity index (χ0v) is 5.31. The Morgan fingerprint density at radius 2 is 2.56 bits per heavy atom. The van der Waals surface area contributed by atoms with Gasteiger partial charge in [-0.25, -0.2) is 0 Å². The SMILES string of the molecule is CCC(O)C1=CNNN1. The van der Waals surface area contributed by atoms with Crippen LogP contribution in [0.3, 0.4) is 0 Å². The van der Waals surface area contributed by atoms with Crippen LogP contribution < -0.4 is 16.4 Å². The molecular formula is C5H11N3O. The largest absolute Gasteiger partial charge is 0.387 e. The van der Waals surface area contributed by atoms with E-state index >= 15 is 0 Å². The smallest absolute Gasteiger partial charge is 0.0961 e. The van der Waals surface area contributed by atoms with Gasteiger partial charge in [-0.2, -0.15) is 5.53 Å². The average molecular weight is 129 g/mol. The predicted molar refractivity (Wildman–Crippen MR) is 33.8 cm³/mol. The van der Waals surface area contributed by atoms with Crippen LogP contribution in [-0.4, -0.2) is 11.2 Å². The van der Waals surface area contributed by atoms with Crippen molar-refractivity contribution in [3.63, 3.8) is 0 Å². The van der Waals surface area contributed by atoms with E-state index in [1.807, 2.05) is 6.92 Å². The molecule has 0 bridgehead atoms. The standard InChI is InChI=1S/C5H11N3O/c1-2-5(9)4-3-6-8-7-4/h3,5-9H,2H2,1H3. The molecule has 0 aromatic rings. The fourth-order valence-corrected chi connectivity index (χ4v) is 0.658. The zero-order valence-electron chi connectivity index (χ0n) is 5.31. The van der Waals surface area contributed by atoms with E-state index in [1.54, 1.807) is 6.20 Å². The number of hydrogen-bond acceptors (Lipinski definition) is 4. The second kappa shape index (κ2) is 2.70. The van der Waals surface area contributed by atoms with Crippen molar-refractivity contribution < 1.29 is 5.11 Å². The first-order valence-corrected chi connectivity index (χ1v) is 2.99. The van der Waals surface area contributed by atoms with Crippen LogP contribution in [0.4, 0.5) is 0 Å². The van der Waals surface area contributed by atoms with Crippen molar-refractivity contribution in [1.82, 2.24) is 16.4 Å². The van der Waals surface area contributed by atoms with E-state index < -0.39 is 0 Å². The molecule has 0 spiro atoms. The van der Waals surface area contributed by atoms with Gasteiger partial charge in [0.25, 0.3) is 0 Å². The number of hydrazine groups is 2. The van der Waals surface area contributed by atoms with Crippen LogP contribution in [-0.2, 0) is 0 Å². The highest BCUT2D eigenvalue weighted by molar-refractivity contribution is 5.05. The van der Waals surface area contributed by atoms with Crippen LogP contribution >= 0.6 is 0 Å². The van der Waals surface area contributed by atoms with Gasteiger partial charge in [-0.1, -0.05) is 6.92 Å². The Hall–Kier alpha value is -0.740. The fourth-order valence-electron chi connectivity index (χ4n) is 0.658. The first-order valence-electron chi connectivity index (χ1n) is 2.99. The number of hydrogen-bond donors (Lipinski definition) is 4. The summed E-state index contributed by atoms with van der Waals surface area (Å²) in [6, 6.07) is 0. The van der Waals surface area contributed by atoms with E-state index in [0.717, 1.165) is 12.1 Å². The van der Waals surface area contributed by atoms with Gasteiger partial charge in [0.05, 0.1) is 11.8 Å². The van der Waals surface area contributed by atoms with Gasteiger partial charge in [-0.05, 0) is 6.42 Å². The maximum absolute atomic E-state index is 9.15. The van der Waals surface area contributed by atoms with Gasteiger partial charge in [-0.15, -0.1) is 0 Å². The lowest BCUT2D eigenvalue weighted by molar-refractivity contribution is 0.197. The summed E-state index contributed by atoms with van der Waals surface area (Å²) >= 11 is 0. The highest BCUT2D eigenvalue weighted by atomic mass is 16.3. The van der Waals surface area contributed by atoms with Gasteiger partial charge in [0.1, 0.15) is 0 Å². The van der Waals surface area contributed by atoms with E-state index in [-0.39, 0.29) is 6.10 Å². The molecule has 1 atom stereocenters. The van der Waals surface area contributed by atoms with Crippen LogP contribution in [0.15, 0.2) is 11.9 Å². The highest BCUT2D eigenvalue weighted by Gasteiger charge is 2.09. The monoisotopic (exact) mass is 129 g/mol. The van der Waals surface area contributed by atoms with Gasteiger partial charge in [0.15, 0.2) is 0 Å². The third-order valence-electron chi connectivity index (χ3n) is 1.25. The quantitative estimate of drug-likeness (QED) is 0.395. The summed E-state index contributed by atoms with van der Waals surface area (Å²) in [7, 11) is 0. The minimum atomic E-state index is -0.382. The Bertz CT molecular complexity index is 123. The Kier molecular flexibility index (Phi) is 1.92. The van der Waals surface area contributed by atoms with Gasteiger partial charge in [0, 0.05) is 6.20 Å². The topological polar surface area (TPSA) is 56.3 Å². The summed E-state index contributed by atoms with van der Waals surface area (Å²) < 4.78 is 0. The predicted octanol–water partition coefficient (Wildman–Crippen LogP) is -0.789. The third-order valence-corrected chi connectivity index (χ3v) is 1.25. The molecule has 0 radical (unpaired) electrons. The van der Waals surface area contributed by atoms with Crippen molar-refractivity contribution in [3.8, 4) is 0 Å². The Morgan fingerprint density at radius 3 is 3.00 bits per heavy atom. The molecule has 1 aliphatic rings. The molecule has 1 aliphatic heterocycles. The van der Waals surface area contributed by atoms with Gasteiger partial charge in [0.2, 0.25) is 0 Å². The van der Waals surface area contributed by atoms with Gasteiger partial charge >= 0.3 is 0 Å². The third kappa shape index (κ3) is 1.34. The summed E-state index contributed by atoms with van der Waals surface area (Å²) in [6.07, 6.45) is 2.04. The summed E-state index contributed by atoms with van der Waals surface area (Å²) in [5, 5.41) is 9.15.